The van der Waals surface area contributed by atoms with Gasteiger partial charge in [0.15, 0.2) is 0 Å². The van der Waals surface area contributed by atoms with E-state index in [1.54, 1.807) is 11.0 Å². The monoisotopic (exact) mass is 431 g/mol. The van der Waals surface area contributed by atoms with E-state index in [9.17, 15) is 13.2 Å². The topological polar surface area (TPSA) is 95.0 Å². The van der Waals surface area contributed by atoms with E-state index >= 15 is 0 Å². The van der Waals surface area contributed by atoms with Gasteiger partial charge in [-0.25, -0.2) is 13.4 Å². The Morgan fingerprint density at radius 3 is 2.53 bits per heavy atom. The van der Waals surface area contributed by atoms with Crippen molar-refractivity contribution in [3.63, 3.8) is 0 Å². The number of nitrogens with one attached hydrogen (secondary N) is 1. The number of amides is 1. The molecule has 9 heteroatoms. The van der Waals surface area contributed by atoms with Gasteiger partial charge in [0.1, 0.15) is 5.69 Å². The first-order valence-corrected chi connectivity index (χ1v) is 12.8. The number of piperazine rings is 1. The molecule has 1 saturated carbocycles. The van der Waals surface area contributed by atoms with Gasteiger partial charge in [0, 0.05) is 37.7 Å². The molecule has 2 atom stereocenters. The summed E-state index contributed by atoms with van der Waals surface area (Å²) in [5, 5.41) is 4.69. The van der Waals surface area contributed by atoms with Crippen molar-refractivity contribution in [2.75, 3.05) is 32.4 Å². The Morgan fingerprint density at radius 1 is 1.10 bits per heavy atom. The second-order valence-corrected chi connectivity index (χ2v) is 11.0. The van der Waals surface area contributed by atoms with Crippen molar-refractivity contribution >= 4 is 21.6 Å². The third-order valence-corrected chi connectivity index (χ3v) is 8.49. The van der Waals surface area contributed by atoms with Gasteiger partial charge >= 0.3 is 0 Å². The number of fused-ring (bicyclic) bond motifs is 3. The van der Waals surface area contributed by atoms with Crippen LogP contribution in [0.1, 0.15) is 53.8 Å². The molecular formula is C21H29N5O3S. The maximum absolute atomic E-state index is 12.9. The molecule has 2 aliphatic heterocycles. The lowest BCUT2D eigenvalue weighted by molar-refractivity contribution is 0.0692. The predicted molar refractivity (Wildman–Crippen MR) is 114 cm³/mol. The van der Waals surface area contributed by atoms with Crippen LogP contribution in [0.4, 0.5) is 0 Å². The van der Waals surface area contributed by atoms with E-state index in [0.29, 0.717) is 43.8 Å². The number of hydrogen-bond donors (Lipinski definition) is 1. The minimum absolute atomic E-state index is 0.122. The SMILES string of the molecule is CS(=O)(=O)N1CCN(C(=O)c2ccc3c(n2)CCC2C3=NNC2C2CCCC2)CC1. The van der Waals surface area contributed by atoms with Gasteiger partial charge in [-0.15, -0.1) is 0 Å². The molecule has 162 valence electrons. The molecule has 4 aliphatic rings. The van der Waals surface area contributed by atoms with Crippen molar-refractivity contribution in [1.29, 1.82) is 0 Å². The molecule has 1 aromatic heterocycles. The molecule has 5 rings (SSSR count). The molecule has 1 N–H and O–H groups in total. The molecule has 0 radical (unpaired) electrons. The maximum atomic E-state index is 12.9. The number of hydrogen-bond acceptors (Lipinski definition) is 6. The van der Waals surface area contributed by atoms with Crippen LogP contribution < -0.4 is 5.43 Å². The molecule has 2 fully saturated rings. The highest BCUT2D eigenvalue weighted by Gasteiger charge is 2.41. The summed E-state index contributed by atoms with van der Waals surface area (Å²) in [5.74, 6) is 1.05. The van der Waals surface area contributed by atoms with Crippen molar-refractivity contribution in [3.8, 4) is 0 Å². The number of sulfonamides is 1. The second kappa shape index (κ2) is 7.60. The molecule has 2 aliphatic carbocycles. The molecular weight excluding hydrogens is 402 g/mol. The first-order valence-electron chi connectivity index (χ1n) is 11.0. The summed E-state index contributed by atoms with van der Waals surface area (Å²) in [6, 6.07) is 4.26. The number of aromatic nitrogens is 1. The zero-order chi connectivity index (χ0) is 20.9. The average molecular weight is 432 g/mol. The average Bonchev–Trinajstić information content (AvgIpc) is 3.41. The Hall–Kier alpha value is -2.00. The maximum Gasteiger partial charge on any atom is 0.272 e. The molecule has 8 nitrogen and oxygen atoms in total. The van der Waals surface area contributed by atoms with Crippen LogP contribution in [0.5, 0.6) is 0 Å². The minimum Gasteiger partial charge on any atom is -0.335 e. The standard InChI is InChI=1S/C21H29N5O3S/c1-30(28,29)26-12-10-25(11-13-26)21(27)18-9-6-15-17(22-18)8-7-16-19(23-24-20(15)16)14-4-2-3-5-14/h6,9,14,16,19,23H,2-5,7-8,10-13H2,1H3. The third kappa shape index (κ3) is 3.51. The number of carbonyl (C=O) groups excluding carboxylic acids is 1. The number of rotatable bonds is 3. The van der Waals surface area contributed by atoms with Crippen molar-refractivity contribution in [1.82, 2.24) is 19.6 Å². The van der Waals surface area contributed by atoms with Crippen molar-refractivity contribution in [3.05, 3.63) is 29.1 Å². The van der Waals surface area contributed by atoms with E-state index in [1.165, 1.54) is 36.2 Å². The van der Waals surface area contributed by atoms with Crippen molar-refractivity contribution in [2.45, 2.75) is 44.6 Å². The van der Waals surface area contributed by atoms with Crippen molar-refractivity contribution in [2.24, 2.45) is 16.9 Å². The molecule has 0 bridgehead atoms. The zero-order valence-corrected chi connectivity index (χ0v) is 18.2. The van der Waals surface area contributed by atoms with Crippen LogP contribution in [0, 0.1) is 11.8 Å². The molecule has 0 aromatic carbocycles. The highest BCUT2D eigenvalue weighted by molar-refractivity contribution is 7.88. The number of pyridine rings is 1. The Bertz CT molecular complexity index is 978. The molecule has 2 unspecified atom stereocenters. The Labute approximate surface area is 177 Å². The van der Waals surface area contributed by atoms with E-state index in [0.717, 1.165) is 35.7 Å². The molecule has 30 heavy (non-hydrogen) atoms. The summed E-state index contributed by atoms with van der Waals surface area (Å²) in [7, 11) is -3.21. The molecule has 1 saturated heterocycles. The number of nitrogens with zero attached hydrogens (tertiary/aromatic N) is 4. The minimum atomic E-state index is -3.21. The quantitative estimate of drug-likeness (QED) is 0.777. The van der Waals surface area contributed by atoms with Gasteiger partial charge in [0.05, 0.1) is 23.7 Å². The lowest BCUT2D eigenvalue weighted by atomic mass is 9.77. The fourth-order valence-electron chi connectivity index (χ4n) is 5.54. The molecule has 0 spiro atoms. The fourth-order valence-corrected chi connectivity index (χ4v) is 6.36. The van der Waals surface area contributed by atoms with Crippen molar-refractivity contribution < 1.29 is 13.2 Å². The van der Waals surface area contributed by atoms with E-state index in [2.05, 4.69) is 10.5 Å². The lowest BCUT2D eigenvalue weighted by Crippen LogP contribution is -2.50. The van der Waals surface area contributed by atoms with Gasteiger partial charge in [-0.1, -0.05) is 12.8 Å². The predicted octanol–water partition coefficient (Wildman–Crippen LogP) is 1.23. The smallest absolute Gasteiger partial charge is 0.272 e. The fraction of sp³-hybridized carbons (Fsp3) is 0.667. The lowest BCUT2D eigenvalue weighted by Gasteiger charge is -2.33. The number of carbonyl (C=O) groups is 1. The normalized spacial score (nSPS) is 27.4. The Morgan fingerprint density at radius 2 is 1.83 bits per heavy atom. The third-order valence-electron chi connectivity index (χ3n) is 7.18. The highest BCUT2D eigenvalue weighted by Crippen LogP contribution is 2.38. The van der Waals surface area contributed by atoms with Gasteiger partial charge in [0.2, 0.25) is 10.0 Å². The summed E-state index contributed by atoms with van der Waals surface area (Å²) < 4.78 is 24.8. The van der Waals surface area contributed by atoms with Gasteiger partial charge in [-0.05, 0) is 43.7 Å². The van der Waals surface area contributed by atoms with E-state index in [4.69, 9.17) is 4.98 Å². The summed E-state index contributed by atoms with van der Waals surface area (Å²) in [4.78, 5) is 19.4. The summed E-state index contributed by atoms with van der Waals surface area (Å²) in [6.45, 7) is 1.46. The molecule has 3 heterocycles. The van der Waals surface area contributed by atoms with Crippen LogP contribution in [-0.2, 0) is 16.4 Å². The van der Waals surface area contributed by atoms with Gasteiger partial charge < -0.3 is 10.3 Å². The van der Waals surface area contributed by atoms with E-state index < -0.39 is 10.0 Å². The largest absolute Gasteiger partial charge is 0.335 e. The van der Waals surface area contributed by atoms with Crippen LogP contribution in [0.2, 0.25) is 0 Å². The van der Waals surface area contributed by atoms with Crippen LogP contribution in [0.15, 0.2) is 17.2 Å². The summed E-state index contributed by atoms with van der Waals surface area (Å²) in [6.07, 6.45) is 8.34. The van der Waals surface area contributed by atoms with Gasteiger partial charge in [-0.2, -0.15) is 9.41 Å². The van der Waals surface area contributed by atoms with Crippen LogP contribution in [0.3, 0.4) is 0 Å². The van der Waals surface area contributed by atoms with Crippen LogP contribution in [-0.4, -0.2) is 72.7 Å². The number of aryl methyl sites for hydroxylation is 1. The van der Waals surface area contributed by atoms with Crippen LogP contribution >= 0.6 is 0 Å². The van der Waals surface area contributed by atoms with Gasteiger partial charge in [-0.3, -0.25) is 4.79 Å². The van der Waals surface area contributed by atoms with Crippen LogP contribution in [0.25, 0.3) is 0 Å². The summed E-state index contributed by atoms with van der Waals surface area (Å²) >= 11 is 0. The first-order chi connectivity index (χ1) is 14.4. The van der Waals surface area contributed by atoms with E-state index in [-0.39, 0.29) is 5.91 Å². The Kier molecular flexibility index (Phi) is 5.05. The molecule has 1 aromatic rings. The highest BCUT2D eigenvalue weighted by atomic mass is 32.2. The second-order valence-electron chi connectivity index (χ2n) is 8.99. The number of hydrazone groups is 1. The Balaban J connectivity index is 1.30. The summed E-state index contributed by atoms with van der Waals surface area (Å²) in [5.41, 5.74) is 7.01. The van der Waals surface area contributed by atoms with Gasteiger partial charge in [0.25, 0.3) is 5.91 Å². The molecule has 1 amide bonds. The van der Waals surface area contributed by atoms with E-state index in [1.807, 2.05) is 6.07 Å². The zero-order valence-electron chi connectivity index (χ0n) is 17.4. The first kappa shape index (κ1) is 19.9.